The van der Waals surface area contributed by atoms with Crippen LogP contribution in [-0.4, -0.2) is 15.7 Å². The van der Waals surface area contributed by atoms with Gasteiger partial charge in [-0.1, -0.05) is 15.9 Å². The second-order valence-electron chi connectivity index (χ2n) is 4.38. The molecule has 1 N–H and O–H groups in total. The number of hydrogen-bond acceptors (Lipinski definition) is 2. The first-order valence-electron chi connectivity index (χ1n) is 6.18. The van der Waals surface area contributed by atoms with E-state index in [0.29, 0.717) is 6.42 Å². The van der Waals surface area contributed by atoms with Crippen molar-refractivity contribution < 1.29 is 4.79 Å². The van der Waals surface area contributed by atoms with Crippen LogP contribution >= 0.6 is 15.9 Å². The summed E-state index contributed by atoms with van der Waals surface area (Å²) in [6, 6.07) is 7.66. The van der Waals surface area contributed by atoms with Crippen molar-refractivity contribution in [3.05, 3.63) is 46.7 Å². The third-order valence-electron chi connectivity index (χ3n) is 2.79. The topological polar surface area (TPSA) is 46.9 Å². The van der Waals surface area contributed by atoms with E-state index >= 15 is 0 Å². The Morgan fingerprint density at radius 3 is 3.00 bits per heavy atom. The molecule has 0 saturated heterocycles. The molecule has 0 aliphatic carbocycles. The van der Waals surface area contributed by atoms with Crippen LogP contribution in [0.3, 0.4) is 0 Å². The minimum atomic E-state index is 0.0360. The summed E-state index contributed by atoms with van der Waals surface area (Å²) in [4.78, 5) is 11.8. The number of carbonyl (C=O) groups excluding carboxylic acids is 1. The fraction of sp³-hybridized carbons (Fsp3) is 0.286. The third-order valence-corrected chi connectivity index (χ3v) is 3.68. The minimum Gasteiger partial charge on any atom is -0.326 e. The van der Waals surface area contributed by atoms with Gasteiger partial charge in [0.2, 0.25) is 5.91 Å². The van der Waals surface area contributed by atoms with E-state index < -0.39 is 0 Å². The van der Waals surface area contributed by atoms with Crippen molar-refractivity contribution in [2.24, 2.45) is 0 Å². The average molecular weight is 322 g/mol. The van der Waals surface area contributed by atoms with Crippen LogP contribution in [0.4, 0.5) is 5.69 Å². The van der Waals surface area contributed by atoms with Gasteiger partial charge in [0.05, 0.1) is 0 Å². The molecule has 1 heterocycles. The molecular formula is C14H16BrN3O. The molecule has 5 heteroatoms. The number of hydrogen-bond donors (Lipinski definition) is 1. The van der Waals surface area contributed by atoms with Gasteiger partial charge in [-0.3, -0.25) is 9.48 Å². The van der Waals surface area contributed by atoms with Crippen LogP contribution in [0, 0.1) is 6.92 Å². The number of amides is 1. The summed E-state index contributed by atoms with van der Waals surface area (Å²) in [5.41, 5.74) is 1.94. The summed E-state index contributed by atoms with van der Waals surface area (Å²) in [5.74, 6) is 0.0360. The predicted molar refractivity (Wildman–Crippen MR) is 79.0 cm³/mol. The molecule has 0 fully saturated rings. The second-order valence-corrected chi connectivity index (χ2v) is 5.24. The Bertz CT molecular complexity index is 552. The molecule has 4 nitrogen and oxygen atoms in total. The Kier molecular flexibility index (Phi) is 4.74. The summed E-state index contributed by atoms with van der Waals surface area (Å²) in [5, 5.41) is 7.00. The van der Waals surface area contributed by atoms with Crippen molar-refractivity contribution in [2.75, 3.05) is 5.32 Å². The van der Waals surface area contributed by atoms with Crippen LogP contribution in [0.15, 0.2) is 41.1 Å². The summed E-state index contributed by atoms with van der Waals surface area (Å²) in [6.07, 6.45) is 4.92. The lowest BCUT2D eigenvalue weighted by atomic mass is 10.2. The summed E-state index contributed by atoms with van der Waals surface area (Å²) < 4.78 is 2.88. The van der Waals surface area contributed by atoms with Crippen LogP contribution in [0.5, 0.6) is 0 Å². The molecule has 0 saturated carbocycles. The van der Waals surface area contributed by atoms with Gasteiger partial charge in [0.15, 0.2) is 0 Å². The highest BCUT2D eigenvalue weighted by Crippen LogP contribution is 2.20. The molecule has 0 aliphatic heterocycles. The fourth-order valence-electron chi connectivity index (χ4n) is 1.78. The SMILES string of the molecule is Cc1cc(NC(=O)CCCn2cccn2)ccc1Br. The standard InChI is InChI=1S/C14H16BrN3O/c1-11-10-12(5-6-13(11)15)17-14(19)4-2-8-18-9-3-7-16-18/h3,5-7,9-10H,2,4,8H2,1H3,(H,17,19). The first-order valence-corrected chi connectivity index (χ1v) is 6.98. The average Bonchev–Trinajstić information content (AvgIpc) is 2.87. The fourth-order valence-corrected chi connectivity index (χ4v) is 2.03. The maximum absolute atomic E-state index is 11.8. The van der Waals surface area contributed by atoms with Crippen LogP contribution in [-0.2, 0) is 11.3 Å². The highest BCUT2D eigenvalue weighted by atomic mass is 79.9. The summed E-state index contributed by atoms with van der Waals surface area (Å²) in [6.45, 7) is 2.76. The third kappa shape index (κ3) is 4.21. The molecule has 0 atom stereocenters. The molecule has 0 bridgehead atoms. The van der Waals surface area contributed by atoms with Gasteiger partial charge in [-0.15, -0.1) is 0 Å². The van der Waals surface area contributed by atoms with Gasteiger partial charge >= 0.3 is 0 Å². The smallest absolute Gasteiger partial charge is 0.224 e. The first-order chi connectivity index (χ1) is 9.15. The van der Waals surface area contributed by atoms with Gasteiger partial charge in [-0.05, 0) is 43.2 Å². The van der Waals surface area contributed by atoms with E-state index in [9.17, 15) is 4.79 Å². The maximum atomic E-state index is 11.8. The molecule has 1 amide bonds. The Labute approximate surface area is 120 Å². The summed E-state index contributed by atoms with van der Waals surface area (Å²) >= 11 is 3.44. The van der Waals surface area contributed by atoms with Crippen molar-refractivity contribution in [3.63, 3.8) is 0 Å². The van der Waals surface area contributed by atoms with E-state index in [-0.39, 0.29) is 5.91 Å². The van der Waals surface area contributed by atoms with Gasteiger partial charge in [0.25, 0.3) is 0 Å². The van der Waals surface area contributed by atoms with Crippen LogP contribution in [0.1, 0.15) is 18.4 Å². The molecule has 0 radical (unpaired) electrons. The van der Waals surface area contributed by atoms with Crippen molar-refractivity contribution in [1.82, 2.24) is 9.78 Å². The molecule has 2 rings (SSSR count). The molecule has 1 aromatic heterocycles. The zero-order valence-corrected chi connectivity index (χ0v) is 12.4. The number of rotatable bonds is 5. The van der Waals surface area contributed by atoms with Crippen molar-refractivity contribution in [1.29, 1.82) is 0 Å². The lowest BCUT2D eigenvalue weighted by Crippen LogP contribution is -2.12. The molecule has 19 heavy (non-hydrogen) atoms. The molecule has 0 unspecified atom stereocenters. The van der Waals surface area contributed by atoms with Gasteiger partial charge in [0.1, 0.15) is 0 Å². The molecule has 0 aliphatic rings. The Hall–Kier alpha value is -1.62. The van der Waals surface area contributed by atoms with Crippen molar-refractivity contribution in [3.8, 4) is 0 Å². The number of benzene rings is 1. The molecule has 0 spiro atoms. The van der Waals surface area contributed by atoms with Crippen LogP contribution < -0.4 is 5.32 Å². The normalized spacial score (nSPS) is 10.4. The predicted octanol–water partition coefficient (Wildman–Crippen LogP) is 3.37. The monoisotopic (exact) mass is 321 g/mol. The second kappa shape index (κ2) is 6.52. The van der Waals surface area contributed by atoms with Gasteiger partial charge in [-0.2, -0.15) is 5.10 Å². The highest BCUT2D eigenvalue weighted by molar-refractivity contribution is 9.10. The van der Waals surface area contributed by atoms with Crippen molar-refractivity contribution in [2.45, 2.75) is 26.3 Å². The van der Waals surface area contributed by atoms with Crippen molar-refractivity contribution >= 4 is 27.5 Å². The van der Waals surface area contributed by atoms with E-state index in [1.807, 2.05) is 42.1 Å². The van der Waals surface area contributed by atoms with E-state index in [2.05, 4.69) is 26.3 Å². The Balaban J connectivity index is 1.79. The van der Waals surface area contributed by atoms with Gasteiger partial charge < -0.3 is 5.32 Å². The van der Waals surface area contributed by atoms with E-state index in [4.69, 9.17) is 0 Å². The van der Waals surface area contributed by atoms with Gasteiger partial charge in [-0.25, -0.2) is 0 Å². The lowest BCUT2D eigenvalue weighted by Gasteiger charge is -2.07. The number of carbonyl (C=O) groups is 1. The number of nitrogens with one attached hydrogen (secondary N) is 1. The number of aromatic nitrogens is 2. The molecule has 1 aromatic carbocycles. The largest absolute Gasteiger partial charge is 0.326 e. The lowest BCUT2D eigenvalue weighted by molar-refractivity contribution is -0.116. The first kappa shape index (κ1) is 13.8. The number of anilines is 1. The highest BCUT2D eigenvalue weighted by Gasteiger charge is 2.04. The molecular weight excluding hydrogens is 306 g/mol. The number of nitrogens with zero attached hydrogens (tertiary/aromatic N) is 2. The van der Waals surface area contributed by atoms with E-state index in [1.54, 1.807) is 6.20 Å². The van der Waals surface area contributed by atoms with E-state index in [0.717, 1.165) is 28.7 Å². The summed E-state index contributed by atoms with van der Waals surface area (Å²) in [7, 11) is 0. The molecule has 100 valence electrons. The Morgan fingerprint density at radius 1 is 1.47 bits per heavy atom. The minimum absolute atomic E-state index is 0.0360. The zero-order valence-electron chi connectivity index (χ0n) is 10.8. The zero-order chi connectivity index (χ0) is 13.7. The maximum Gasteiger partial charge on any atom is 0.224 e. The quantitative estimate of drug-likeness (QED) is 0.917. The Morgan fingerprint density at radius 2 is 2.32 bits per heavy atom. The number of aryl methyl sites for hydroxylation is 2. The van der Waals surface area contributed by atoms with Crippen LogP contribution in [0.2, 0.25) is 0 Å². The van der Waals surface area contributed by atoms with Gasteiger partial charge in [0, 0.05) is 35.5 Å². The van der Waals surface area contributed by atoms with E-state index in [1.165, 1.54) is 0 Å². The number of halogens is 1. The molecule has 2 aromatic rings. The van der Waals surface area contributed by atoms with Crippen LogP contribution in [0.25, 0.3) is 0 Å².